The van der Waals surface area contributed by atoms with Crippen molar-refractivity contribution in [2.75, 3.05) is 13.7 Å². The zero-order chi connectivity index (χ0) is 6.41. The molecule has 0 unspecified atom stereocenters. The van der Waals surface area contributed by atoms with E-state index in [-0.39, 0.29) is 45.3 Å². The fourth-order valence-corrected chi connectivity index (χ4v) is 0.325. The molecule has 51 valence electrons. The van der Waals surface area contributed by atoms with Crippen molar-refractivity contribution in [1.29, 1.82) is 0 Å². The van der Waals surface area contributed by atoms with E-state index in [1.165, 1.54) is 7.11 Å². The van der Waals surface area contributed by atoms with Crippen molar-refractivity contribution in [3.05, 3.63) is 0 Å². The van der Waals surface area contributed by atoms with E-state index < -0.39 is 0 Å². The molecule has 0 saturated carbocycles. The Morgan fingerprint density at radius 2 is 2.22 bits per heavy atom. The third-order valence-electron chi connectivity index (χ3n) is 0.767. The second-order valence-electron chi connectivity index (χ2n) is 1.40. The molecule has 0 aromatic carbocycles. The number of carbonyl (C=O) groups excluding carboxylic acids is 1. The molecule has 1 N–H and O–H groups in total. The van der Waals surface area contributed by atoms with Crippen molar-refractivity contribution in [1.82, 2.24) is 0 Å². The molecule has 1 radical (unpaired) electrons. The summed E-state index contributed by atoms with van der Waals surface area (Å²) in [5, 5.41) is 8.20. The van der Waals surface area contributed by atoms with Gasteiger partial charge in [-0.05, 0) is 6.42 Å². The number of hydrogen-bond donors (Lipinski definition) is 1. The summed E-state index contributed by atoms with van der Waals surface area (Å²) in [4.78, 5) is 10.2. The summed E-state index contributed by atoms with van der Waals surface area (Å²) in [5.74, 6) is -0.265. The average molecular weight is 207 g/mol. The van der Waals surface area contributed by atoms with Crippen LogP contribution in [0.2, 0.25) is 0 Å². The molecule has 9 heavy (non-hydrogen) atoms. The number of aliphatic hydroxyl groups excluding tert-OH is 1. The summed E-state index contributed by atoms with van der Waals surface area (Å²) in [5.41, 5.74) is 0. The molecule has 0 bridgehead atoms. The van der Waals surface area contributed by atoms with Crippen LogP contribution < -0.4 is 0 Å². The predicted octanol–water partition coefficient (Wildman–Crippen LogP) is -0.0706. The minimum absolute atomic E-state index is 0. The van der Waals surface area contributed by atoms with Crippen LogP contribution in [-0.4, -0.2) is 24.8 Å². The number of rotatable bonds is 3. The first kappa shape index (κ1) is 12.2. The Morgan fingerprint density at radius 1 is 1.67 bits per heavy atom. The van der Waals surface area contributed by atoms with Crippen molar-refractivity contribution in [3.63, 3.8) is 0 Å². The van der Waals surface area contributed by atoms with E-state index in [4.69, 9.17) is 5.11 Å². The number of ether oxygens (including phenoxy) is 1. The molecule has 0 saturated heterocycles. The van der Waals surface area contributed by atoms with Gasteiger partial charge in [0, 0.05) is 45.7 Å². The summed E-state index contributed by atoms with van der Waals surface area (Å²) in [6, 6.07) is 0. The van der Waals surface area contributed by atoms with E-state index >= 15 is 0 Å². The van der Waals surface area contributed by atoms with E-state index in [9.17, 15) is 4.79 Å². The number of esters is 1. The van der Waals surface area contributed by atoms with Gasteiger partial charge < -0.3 is 9.84 Å². The van der Waals surface area contributed by atoms with Crippen molar-refractivity contribution in [2.24, 2.45) is 0 Å². The number of methoxy groups -OCH3 is 1. The van der Waals surface area contributed by atoms with Crippen LogP contribution in [0, 0.1) is 0 Å². The van der Waals surface area contributed by atoms with E-state index in [0.717, 1.165) is 0 Å². The largest absolute Gasteiger partial charge is 0.469 e. The quantitative estimate of drug-likeness (QED) is 0.659. The van der Waals surface area contributed by atoms with Gasteiger partial charge in [-0.25, -0.2) is 0 Å². The normalized spacial score (nSPS) is 7.78. The molecule has 4 heteroatoms. The topological polar surface area (TPSA) is 46.5 Å². The fourth-order valence-electron chi connectivity index (χ4n) is 0.325. The molecular weight excluding hydrogens is 197 g/mol. The Labute approximate surface area is 79.7 Å². The summed E-state index contributed by atoms with van der Waals surface area (Å²) in [6.07, 6.45) is 0.805. The number of carbonyl (C=O) groups is 1. The van der Waals surface area contributed by atoms with Gasteiger partial charge in [0.25, 0.3) is 0 Å². The SMILES string of the molecule is COC(=O)CCCO.[Y]. The Hall–Kier alpha value is 0.534. The van der Waals surface area contributed by atoms with Crippen molar-refractivity contribution < 1.29 is 47.3 Å². The van der Waals surface area contributed by atoms with Crippen LogP contribution in [0.25, 0.3) is 0 Å². The van der Waals surface area contributed by atoms with Crippen LogP contribution in [0.15, 0.2) is 0 Å². The van der Waals surface area contributed by atoms with E-state index in [2.05, 4.69) is 4.74 Å². The van der Waals surface area contributed by atoms with Crippen molar-refractivity contribution in [2.45, 2.75) is 12.8 Å². The summed E-state index contributed by atoms with van der Waals surface area (Å²) in [7, 11) is 1.33. The zero-order valence-electron chi connectivity index (χ0n) is 5.46. The van der Waals surface area contributed by atoms with E-state index in [1.807, 2.05) is 0 Å². The molecule has 0 spiro atoms. The van der Waals surface area contributed by atoms with Gasteiger partial charge in [-0.2, -0.15) is 0 Å². The third-order valence-corrected chi connectivity index (χ3v) is 0.767. The van der Waals surface area contributed by atoms with E-state index in [1.54, 1.807) is 0 Å². The standard InChI is InChI=1S/C5H10O3.Y/c1-8-5(7)3-2-4-6;/h6H,2-4H2,1H3;. The molecule has 0 aliphatic carbocycles. The van der Waals surface area contributed by atoms with E-state index in [0.29, 0.717) is 12.8 Å². The van der Waals surface area contributed by atoms with Gasteiger partial charge in [0.15, 0.2) is 0 Å². The van der Waals surface area contributed by atoms with Gasteiger partial charge >= 0.3 is 5.97 Å². The molecular formula is C5H10O3Y. The maximum Gasteiger partial charge on any atom is 0.305 e. The second kappa shape index (κ2) is 8.53. The molecule has 0 rings (SSSR count). The number of hydrogen-bond acceptors (Lipinski definition) is 3. The van der Waals surface area contributed by atoms with Gasteiger partial charge in [0.05, 0.1) is 7.11 Å². The van der Waals surface area contributed by atoms with Crippen LogP contribution >= 0.6 is 0 Å². The van der Waals surface area contributed by atoms with Crippen LogP contribution in [0.1, 0.15) is 12.8 Å². The Bertz CT molecular complexity index is 74.6. The van der Waals surface area contributed by atoms with Crippen LogP contribution in [0.3, 0.4) is 0 Å². The second-order valence-corrected chi connectivity index (χ2v) is 1.40. The molecule has 0 fully saturated rings. The third kappa shape index (κ3) is 8.53. The molecule has 0 aliphatic heterocycles. The van der Waals surface area contributed by atoms with Gasteiger partial charge in [0.1, 0.15) is 0 Å². The summed E-state index contributed by atoms with van der Waals surface area (Å²) >= 11 is 0. The van der Waals surface area contributed by atoms with Crippen molar-refractivity contribution >= 4 is 5.97 Å². The minimum Gasteiger partial charge on any atom is -0.469 e. The predicted molar refractivity (Wildman–Crippen MR) is 28.3 cm³/mol. The maximum atomic E-state index is 10.2. The monoisotopic (exact) mass is 207 g/mol. The first-order valence-corrected chi connectivity index (χ1v) is 2.49. The van der Waals surface area contributed by atoms with Crippen LogP contribution in [-0.2, 0) is 42.2 Å². The smallest absolute Gasteiger partial charge is 0.305 e. The average Bonchev–Trinajstić information content (AvgIpc) is 1.83. The molecule has 0 atom stereocenters. The molecule has 0 aromatic rings. The molecule has 0 aliphatic rings. The van der Waals surface area contributed by atoms with Gasteiger partial charge in [-0.3, -0.25) is 4.79 Å². The van der Waals surface area contributed by atoms with Crippen LogP contribution in [0.5, 0.6) is 0 Å². The molecule has 0 amide bonds. The van der Waals surface area contributed by atoms with Crippen LogP contribution in [0.4, 0.5) is 0 Å². The first-order valence-electron chi connectivity index (χ1n) is 2.49. The Balaban J connectivity index is 0. The Morgan fingerprint density at radius 3 is 2.56 bits per heavy atom. The van der Waals surface area contributed by atoms with Gasteiger partial charge in [0.2, 0.25) is 0 Å². The minimum atomic E-state index is -0.265. The Kier molecular flexibility index (Phi) is 11.6. The molecule has 0 aromatic heterocycles. The summed E-state index contributed by atoms with van der Waals surface area (Å²) in [6.45, 7) is 0.0507. The molecule has 3 nitrogen and oxygen atoms in total. The van der Waals surface area contributed by atoms with Gasteiger partial charge in [-0.1, -0.05) is 0 Å². The zero-order valence-corrected chi connectivity index (χ0v) is 8.30. The van der Waals surface area contributed by atoms with Gasteiger partial charge in [-0.15, -0.1) is 0 Å². The van der Waals surface area contributed by atoms with Crippen molar-refractivity contribution in [3.8, 4) is 0 Å². The maximum absolute atomic E-state index is 10.2. The molecule has 0 heterocycles. The first-order chi connectivity index (χ1) is 3.81. The summed E-state index contributed by atoms with van der Waals surface area (Å²) < 4.78 is 4.30. The fraction of sp³-hybridized carbons (Fsp3) is 0.800. The number of aliphatic hydroxyl groups is 1.